The molecule has 0 aliphatic heterocycles. The smallest absolute Gasteiger partial charge is 0.306 e. The minimum absolute atomic E-state index is 0.0820. The zero-order valence-corrected chi connectivity index (χ0v) is 49.2. The third-order valence-electron chi connectivity index (χ3n) is 14.6. The Morgan fingerprint density at radius 2 is 0.507 bits per heavy atom. The molecule has 6 heteroatoms. The van der Waals surface area contributed by atoms with Crippen LogP contribution in [0.15, 0.2) is 36.5 Å². The molecule has 0 N–H and O–H groups in total. The van der Waals surface area contributed by atoms with Crippen LogP contribution in [0.2, 0.25) is 0 Å². The van der Waals surface area contributed by atoms with E-state index in [0.717, 1.165) is 57.8 Å². The Kier molecular flexibility index (Phi) is 60.2. The number of ether oxygens (including phenoxy) is 3. The second-order valence-electron chi connectivity index (χ2n) is 22.0. The molecule has 1 atom stereocenters. The molecule has 0 unspecified atom stereocenters. The third kappa shape index (κ3) is 60.4. The predicted molar refractivity (Wildman–Crippen MR) is 316 cm³/mol. The van der Waals surface area contributed by atoms with Gasteiger partial charge in [0.1, 0.15) is 13.2 Å². The summed E-state index contributed by atoms with van der Waals surface area (Å²) >= 11 is 0. The van der Waals surface area contributed by atoms with Gasteiger partial charge >= 0.3 is 17.9 Å². The molecule has 0 spiro atoms. The van der Waals surface area contributed by atoms with Crippen molar-refractivity contribution >= 4 is 17.9 Å². The summed E-state index contributed by atoms with van der Waals surface area (Å²) in [6.07, 6.45) is 75.9. The van der Waals surface area contributed by atoms with Gasteiger partial charge in [-0.15, -0.1) is 0 Å². The largest absolute Gasteiger partial charge is 0.462 e. The minimum atomic E-state index is -0.789. The van der Waals surface area contributed by atoms with Crippen molar-refractivity contribution in [2.45, 2.75) is 361 Å². The van der Waals surface area contributed by atoms with Crippen molar-refractivity contribution in [3.05, 3.63) is 36.5 Å². The van der Waals surface area contributed by atoms with Crippen molar-refractivity contribution in [2.75, 3.05) is 13.2 Å². The topological polar surface area (TPSA) is 78.9 Å². The molecule has 0 heterocycles. The van der Waals surface area contributed by atoms with Gasteiger partial charge in [-0.2, -0.15) is 0 Å². The number of rotatable bonds is 60. The maximum Gasteiger partial charge on any atom is 0.306 e. The van der Waals surface area contributed by atoms with Crippen LogP contribution in [0, 0.1) is 0 Å². The summed E-state index contributed by atoms with van der Waals surface area (Å²) in [5.41, 5.74) is 0. The van der Waals surface area contributed by atoms with E-state index in [1.54, 1.807) is 0 Å². The molecule has 0 saturated carbocycles. The molecule has 0 fully saturated rings. The molecule has 0 saturated heterocycles. The van der Waals surface area contributed by atoms with Crippen LogP contribution < -0.4 is 0 Å². The monoisotopic (exact) mass is 1020 g/mol. The van der Waals surface area contributed by atoms with E-state index in [4.69, 9.17) is 14.2 Å². The average molecular weight is 1030 g/mol. The predicted octanol–water partition coefficient (Wildman–Crippen LogP) is 22.0. The molecule has 428 valence electrons. The Hall–Kier alpha value is -2.37. The van der Waals surface area contributed by atoms with Crippen LogP contribution in [-0.4, -0.2) is 37.2 Å². The Balaban J connectivity index is 4.37. The summed E-state index contributed by atoms with van der Waals surface area (Å²) in [7, 11) is 0. The number of hydrogen-bond donors (Lipinski definition) is 0. The molecular weight excluding hydrogens is 901 g/mol. The van der Waals surface area contributed by atoms with Crippen LogP contribution >= 0.6 is 0 Å². The van der Waals surface area contributed by atoms with E-state index in [9.17, 15) is 14.4 Å². The lowest BCUT2D eigenvalue weighted by Crippen LogP contribution is -2.30. The minimum Gasteiger partial charge on any atom is -0.462 e. The molecule has 0 aliphatic carbocycles. The molecule has 6 nitrogen and oxygen atoms in total. The van der Waals surface area contributed by atoms with Crippen LogP contribution in [0.1, 0.15) is 355 Å². The van der Waals surface area contributed by atoms with Gasteiger partial charge < -0.3 is 14.2 Å². The van der Waals surface area contributed by atoms with E-state index in [1.165, 1.54) is 250 Å². The molecule has 0 aromatic carbocycles. The van der Waals surface area contributed by atoms with Gasteiger partial charge in [0, 0.05) is 19.3 Å². The van der Waals surface area contributed by atoms with Crippen molar-refractivity contribution in [1.82, 2.24) is 0 Å². The fourth-order valence-corrected chi connectivity index (χ4v) is 9.76. The highest BCUT2D eigenvalue weighted by Gasteiger charge is 2.19. The zero-order chi connectivity index (χ0) is 52.9. The van der Waals surface area contributed by atoms with Gasteiger partial charge in [-0.3, -0.25) is 14.4 Å². The van der Waals surface area contributed by atoms with Gasteiger partial charge in [-0.25, -0.2) is 0 Å². The first kappa shape index (κ1) is 70.6. The third-order valence-corrected chi connectivity index (χ3v) is 14.6. The molecule has 0 aliphatic rings. The lowest BCUT2D eigenvalue weighted by molar-refractivity contribution is -0.167. The van der Waals surface area contributed by atoms with Crippen molar-refractivity contribution in [3.63, 3.8) is 0 Å². The van der Waals surface area contributed by atoms with E-state index in [0.29, 0.717) is 25.7 Å². The van der Waals surface area contributed by atoms with Gasteiger partial charge in [0.2, 0.25) is 0 Å². The molecular formula is C67H124O6. The number of carbonyl (C=O) groups is 3. The number of hydrogen-bond acceptors (Lipinski definition) is 6. The normalized spacial score (nSPS) is 12.2. The van der Waals surface area contributed by atoms with Crippen molar-refractivity contribution < 1.29 is 28.6 Å². The summed E-state index contributed by atoms with van der Waals surface area (Å²) in [5.74, 6) is -0.910. The fourth-order valence-electron chi connectivity index (χ4n) is 9.76. The van der Waals surface area contributed by atoms with E-state index in [1.807, 2.05) is 0 Å². The number of esters is 3. The van der Waals surface area contributed by atoms with Crippen LogP contribution in [0.25, 0.3) is 0 Å². The average Bonchev–Trinajstić information content (AvgIpc) is 3.39. The van der Waals surface area contributed by atoms with Crippen molar-refractivity contribution in [2.24, 2.45) is 0 Å². The Labute approximate surface area is 455 Å². The maximum absolute atomic E-state index is 12.9. The second-order valence-corrected chi connectivity index (χ2v) is 22.0. The SMILES string of the molecule is CCCCCCCC/C=C\C/C=C\C/C=C\CCCC(=O)OC[C@H](COC(=O)CCCCCCCCCCCCCCCCCCCCC)OC(=O)CCCCCCCCCCCCCCCCCCCCC. The van der Waals surface area contributed by atoms with Crippen LogP contribution in [-0.2, 0) is 28.6 Å². The Morgan fingerprint density at radius 1 is 0.274 bits per heavy atom. The van der Waals surface area contributed by atoms with Gasteiger partial charge in [0.25, 0.3) is 0 Å². The highest BCUT2D eigenvalue weighted by molar-refractivity contribution is 5.71. The molecule has 0 aromatic heterocycles. The van der Waals surface area contributed by atoms with E-state index in [-0.39, 0.29) is 31.1 Å². The number of allylic oxidation sites excluding steroid dienone is 6. The highest BCUT2D eigenvalue weighted by atomic mass is 16.6. The summed E-state index contributed by atoms with van der Waals surface area (Å²) in [6, 6.07) is 0. The van der Waals surface area contributed by atoms with Gasteiger partial charge in [0.05, 0.1) is 0 Å². The zero-order valence-electron chi connectivity index (χ0n) is 49.2. The standard InChI is InChI=1S/C67H124O6/c1-4-7-10-13-16-19-22-25-28-31-33-36-39-42-45-48-51-54-57-60-66(69)72-63-64(62-71-65(68)59-56-53-50-47-44-41-38-35-30-27-24-21-18-15-12-9-6-3)73-67(70)61-58-55-52-49-46-43-40-37-34-32-29-26-23-20-17-14-11-8-5-2/h27,30,38,41,47,50,64H,4-26,28-29,31-37,39-40,42-46,48-49,51-63H2,1-3H3/b30-27-,41-38-,50-47-/t64-/m1/s1. The fraction of sp³-hybridized carbons (Fsp3) is 0.866. The molecule has 73 heavy (non-hydrogen) atoms. The number of unbranched alkanes of at least 4 members (excludes halogenated alkanes) is 43. The molecule has 0 bridgehead atoms. The quantitative estimate of drug-likeness (QED) is 0.0261. The first-order chi connectivity index (χ1) is 36.0. The molecule has 0 aromatic rings. The van der Waals surface area contributed by atoms with Crippen LogP contribution in [0.5, 0.6) is 0 Å². The lowest BCUT2D eigenvalue weighted by Gasteiger charge is -2.18. The first-order valence-corrected chi connectivity index (χ1v) is 32.5. The molecule has 0 rings (SSSR count). The van der Waals surface area contributed by atoms with Crippen LogP contribution in [0.3, 0.4) is 0 Å². The summed E-state index contributed by atoms with van der Waals surface area (Å²) in [4.78, 5) is 38.3. The highest BCUT2D eigenvalue weighted by Crippen LogP contribution is 2.18. The summed E-state index contributed by atoms with van der Waals surface area (Å²) < 4.78 is 16.9. The second kappa shape index (κ2) is 62.2. The van der Waals surface area contributed by atoms with Crippen LogP contribution in [0.4, 0.5) is 0 Å². The van der Waals surface area contributed by atoms with E-state index in [2.05, 4.69) is 57.2 Å². The van der Waals surface area contributed by atoms with E-state index < -0.39 is 6.10 Å². The number of carbonyl (C=O) groups excluding carboxylic acids is 3. The van der Waals surface area contributed by atoms with Gasteiger partial charge in [0.15, 0.2) is 6.10 Å². The molecule has 0 radical (unpaired) electrons. The Morgan fingerprint density at radius 3 is 0.822 bits per heavy atom. The van der Waals surface area contributed by atoms with Crippen molar-refractivity contribution in [3.8, 4) is 0 Å². The Bertz CT molecular complexity index is 1220. The summed E-state index contributed by atoms with van der Waals surface area (Å²) in [6.45, 7) is 6.66. The lowest BCUT2D eigenvalue weighted by atomic mass is 10.0. The van der Waals surface area contributed by atoms with Crippen molar-refractivity contribution in [1.29, 1.82) is 0 Å². The maximum atomic E-state index is 12.9. The van der Waals surface area contributed by atoms with E-state index >= 15 is 0 Å². The van der Waals surface area contributed by atoms with Gasteiger partial charge in [-0.05, 0) is 51.4 Å². The molecule has 0 amide bonds. The first-order valence-electron chi connectivity index (χ1n) is 32.5. The van der Waals surface area contributed by atoms with Gasteiger partial charge in [-0.1, -0.05) is 320 Å². The summed E-state index contributed by atoms with van der Waals surface area (Å²) in [5, 5.41) is 0.